The Labute approximate surface area is 203 Å². The van der Waals surface area contributed by atoms with Crippen LogP contribution < -0.4 is 9.64 Å². The minimum Gasteiger partial charge on any atom is -0.490 e. The van der Waals surface area contributed by atoms with Gasteiger partial charge in [-0.25, -0.2) is 18.4 Å². The third-order valence-corrected chi connectivity index (χ3v) is 7.92. The van der Waals surface area contributed by atoms with Crippen molar-refractivity contribution < 1.29 is 13.2 Å². The molecule has 34 heavy (non-hydrogen) atoms. The summed E-state index contributed by atoms with van der Waals surface area (Å²) < 4.78 is 31.4. The Balaban J connectivity index is 1.30. The molecular formula is C25H35N5O3S. The van der Waals surface area contributed by atoms with Gasteiger partial charge in [-0.05, 0) is 29.7 Å². The molecule has 0 radical (unpaired) electrons. The van der Waals surface area contributed by atoms with E-state index in [1.807, 2.05) is 24.5 Å². The van der Waals surface area contributed by atoms with Gasteiger partial charge in [-0.2, -0.15) is 4.31 Å². The lowest BCUT2D eigenvalue weighted by molar-refractivity contribution is 0.169. The number of benzene rings is 1. The molecule has 0 aliphatic carbocycles. The summed E-state index contributed by atoms with van der Waals surface area (Å²) in [7, 11) is -3.11. The van der Waals surface area contributed by atoms with Crippen LogP contribution in [0.1, 0.15) is 36.5 Å². The molecule has 0 saturated carbocycles. The first-order chi connectivity index (χ1) is 16.4. The van der Waals surface area contributed by atoms with Crippen molar-refractivity contribution in [1.29, 1.82) is 0 Å². The highest BCUT2D eigenvalue weighted by Gasteiger charge is 2.24. The van der Waals surface area contributed by atoms with Gasteiger partial charge in [0.05, 0.1) is 6.26 Å². The molecule has 3 heterocycles. The summed E-state index contributed by atoms with van der Waals surface area (Å²) in [6.07, 6.45) is 9.88. The van der Waals surface area contributed by atoms with Crippen LogP contribution in [0.25, 0.3) is 6.08 Å². The van der Waals surface area contributed by atoms with Gasteiger partial charge < -0.3 is 9.64 Å². The van der Waals surface area contributed by atoms with Crippen molar-refractivity contribution in [2.45, 2.75) is 38.8 Å². The molecule has 2 fully saturated rings. The van der Waals surface area contributed by atoms with Crippen molar-refractivity contribution in [3.8, 4) is 5.75 Å². The van der Waals surface area contributed by atoms with Crippen molar-refractivity contribution in [2.24, 2.45) is 0 Å². The second-order valence-corrected chi connectivity index (χ2v) is 11.0. The summed E-state index contributed by atoms with van der Waals surface area (Å²) in [5, 5.41) is 0. The zero-order valence-electron chi connectivity index (χ0n) is 20.2. The monoisotopic (exact) mass is 485 g/mol. The molecule has 0 amide bonds. The van der Waals surface area contributed by atoms with Gasteiger partial charge in [0, 0.05) is 76.6 Å². The lowest BCUT2D eigenvalue weighted by atomic mass is 10.1. The highest BCUT2D eigenvalue weighted by atomic mass is 32.2. The van der Waals surface area contributed by atoms with E-state index in [0.717, 1.165) is 74.8 Å². The maximum absolute atomic E-state index is 11.7. The maximum atomic E-state index is 11.7. The number of ether oxygens (including phenoxy) is 1. The van der Waals surface area contributed by atoms with Crippen LogP contribution in [-0.4, -0.2) is 79.2 Å². The molecule has 1 aromatic carbocycles. The van der Waals surface area contributed by atoms with Gasteiger partial charge in [0.1, 0.15) is 11.9 Å². The predicted molar refractivity (Wildman–Crippen MR) is 135 cm³/mol. The first-order valence-electron chi connectivity index (χ1n) is 12.0. The highest BCUT2D eigenvalue weighted by molar-refractivity contribution is 7.88. The van der Waals surface area contributed by atoms with Gasteiger partial charge in [-0.15, -0.1) is 0 Å². The number of piperidine rings is 1. The Bertz CT molecular complexity index is 1070. The van der Waals surface area contributed by atoms with Gasteiger partial charge in [0.15, 0.2) is 0 Å². The van der Waals surface area contributed by atoms with Gasteiger partial charge in [-0.1, -0.05) is 25.6 Å². The third kappa shape index (κ3) is 6.14. The fourth-order valence-corrected chi connectivity index (χ4v) is 5.31. The normalized spacial score (nSPS) is 18.7. The molecule has 0 atom stereocenters. The highest BCUT2D eigenvalue weighted by Crippen LogP contribution is 2.27. The number of hydrogen-bond acceptors (Lipinski definition) is 7. The molecule has 2 aliphatic rings. The fourth-order valence-electron chi connectivity index (χ4n) is 4.49. The van der Waals surface area contributed by atoms with E-state index in [0.29, 0.717) is 13.1 Å². The predicted octanol–water partition coefficient (Wildman–Crippen LogP) is 2.81. The summed E-state index contributed by atoms with van der Waals surface area (Å²) in [5.41, 5.74) is 3.32. The van der Waals surface area contributed by atoms with Crippen molar-refractivity contribution in [1.82, 2.24) is 19.2 Å². The van der Waals surface area contributed by atoms with Gasteiger partial charge in [0.25, 0.3) is 0 Å². The summed E-state index contributed by atoms with van der Waals surface area (Å²) in [6.45, 7) is 11.2. The summed E-state index contributed by atoms with van der Waals surface area (Å²) in [5.74, 6) is 1.66. The zero-order valence-corrected chi connectivity index (χ0v) is 21.0. The van der Waals surface area contributed by atoms with E-state index in [9.17, 15) is 8.42 Å². The number of aromatic nitrogens is 2. The molecular weight excluding hydrogens is 450 g/mol. The Morgan fingerprint density at radius 1 is 1.06 bits per heavy atom. The first-order valence-corrected chi connectivity index (χ1v) is 13.9. The van der Waals surface area contributed by atoms with E-state index >= 15 is 0 Å². The summed E-state index contributed by atoms with van der Waals surface area (Å²) in [6, 6.07) is 6.27. The molecule has 0 unspecified atom stereocenters. The number of anilines is 1. The molecule has 2 saturated heterocycles. The Morgan fingerprint density at radius 2 is 1.74 bits per heavy atom. The smallest absolute Gasteiger partial charge is 0.225 e. The Morgan fingerprint density at radius 3 is 2.32 bits per heavy atom. The van der Waals surface area contributed by atoms with E-state index in [-0.39, 0.29) is 6.10 Å². The van der Waals surface area contributed by atoms with Crippen LogP contribution >= 0.6 is 0 Å². The van der Waals surface area contributed by atoms with E-state index in [4.69, 9.17) is 4.74 Å². The van der Waals surface area contributed by atoms with Crippen LogP contribution in [-0.2, 0) is 23.0 Å². The number of nitrogens with zero attached hydrogens (tertiary/aromatic N) is 5. The number of sulfonamides is 1. The third-order valence-electron chi connectivity index (χ3n) is 6.62. The van der Waals surface area contributed by atoms with Crippen LogP contribution in [0, 0.1) is 0 Å². The van der Waals surface area contributed by atoms with E-state index < -0.39 is 10.0 Å². The van der Waals surface area contributed by atoms with Crippen LogP contribution in [0.15, 0.2) is 37.2 Å². The molecule has 0 N–H and O–H groups in total. The minimum atomic E-state index is -3.11. The second kappa shape index (κ2) is 10.8. The van der Waals surface area contributed by atoms with Crippen molar-refractivity contribution >= 4 is 22.0 Å². The summed E-state index contributed by atoms with van der Waals surface area (Å²) >= 11 is 0. The van der Waals surface area contributed by atoms with E-state index in [1.54, 1.807) is 4.31 Å². The van der Waals surface area contributed by atoms with Crippen LogP contribution in [0.2, 0.25) is 0 Å². The average Bonchev–Trinajstić information content (AvgIpc) is 2.85. The number of piperazine rings is 1. The molecule has 2 aliphatic heterocycles. The Hall–Kier alpha value is -2.49. The molecule has 1 aromatic heterocycles. The standard InChI is InChI=1S/C25H35N5O3S/c1-4-20-17-26-25(27-18-20)29-10-8-23(9-11-29)33-24-7-6-21(16-22(24)5-2)19-28-12-14-30(15-13-28)34(3,31)32/h5-7,16-18,23H,2,4,8-15,19H2,1,3H3. The molecule has 184 valence electrons. The molecule has 0 bridgehead atoms. The quantitative estimate of drug-likeness (QED) is 0.569. The van der Waals surface area contributed by atoms with E-state index in [2.05, 4.69) is 45.4 Å². The van der Waals surface area contributed by atoms with Crippen LogP contribution in [0.3, 0.4) is 0 Å². The van der Waals surface area contributed by atoms with Crippen LogP contribution in [0.4, 0.5) is 5.95 Å². The van der Waals surface area contributed by atoms with E-state index in [1.165, 1.54) is 11.8 Å². The molecule has 2 aromatic rings. The lowest BCUT2D eigenvalue weighted by Crippen LogP contribution is -2.47. The topological polar surface area (TPSA) is 78.9 Å². The number of aryl methyl sites for hydroxylation is 1. The number of hydrogen-bond donors (Lipinski definition) is 0. The summed E-state index contributed by atoms with van der Waals surface area (Å²) in [4.78, 5) is 13.5. The van der Waals surface area contributed by atoms with Crippen molar-refractivity contribution in [3.63, 3.8) is 0 Å². The van der Waals surface area contributed by atoms with Crippen molar-refractivity contribution in [2.75, 3.05) is 50.4 Å². The minimum absolute atomic E-state index is 0.153. The first kappa shape index (κ1) is 24.6. The zero-order chi connectivity index (χ0) is 24.1. The number of rotatable bonds is 8. The van der Waals surface area contributed by atoms with Gasteiger partial charge in [0.2, 0.25) is 16.0 Å². The Kier molecular flexibility index (Phi) is 7.85. The van der Waals surface area contributed by atoms with Crippen molar-refractivity contribution in [3.05, 3.63) is 53.9 Å². The van der Waals surface area contributed by atoms with Crippen LogP contribution in [0.5, 0.6) is 5.75 Å². The maximum Gasteiger partial charge on any atom is 0.225 e. The molecule has 8 nitrogen and oxygen atoms in total. The lowest BCUT2D eigenvalue weighted by Gasteiger charge is -2.33. The SMILES string of the molecule is C=Cc1cc(CN2CCN(S(C)(=O)=O)CC2)ccc1OC1CCN(c2ncc(CC)cn2)CC1. The largest absolute Gasteiger partial charge is 0.490 e. The molecule has 4 rings (SSSR count). The average molecular weight is 486 g/mol. The second-order valence-electron chi connectivity index (χ2n) is 9.06. The van der Waals surface area contributed by atoms with Gasteiger partial charge >= 0.3 is 0 Å². The fraction of sp³-hybridized carbons (Fsp3) is 0.520. The van der Waals surface area contributed by atoms with Gasteiger partial charge in [-0.3, -0.25) is 4.90 Å². The molecule has 0 spiro atoms. The molecule has 9 heteroatoms.